The van der Waals surface area contributed by atoms with E-state index in [0.717, 1.165) is 43.1 Å². The van der Waals surface area contributed by atoms with E-state index in [1.54, 1.807) is 6.08 Å². The Bertz CT molecular complexity index is 1020. The van der Waals surface area contributed by atoms with Crippen molar-refractivity contribution in [2.75, 3.05) is 13.2 Å². The lowest BCUT2D eigenvalue weighted by atomic mass is 9.45. The fraction of sp³-hybridized carbons (Fsp3) is 0.786. The maximum atomic E-state index is 12.8. The standard InChI is InChI=1S/C28H38O9/c1-26-7-5-19-20(28(26,34)9-6-18(26)15-10-22(31)35-12-15)3-2-16-11-17(4-8-27(16,19)14-29)37-25-24(33)23(32)21(30)13-36-25/h10-11,14,17-21,23-25,30,32-34H,2-9,12-13H2,1H3/t17-,18+,19-,20+,21+,23-,24+,25-,26+,27+,28-/m0/s1. The molecular weight excluding hydrogens is 480 g/mol. The van der Waals surface area contributed by atoms with Crippen molar-refractivity contribution in [3.05, 3.63) is 23.3 Å². The van der Waals surface area contributed by atoms with E-state index in [0.29, 0.717) is 32.3 Å². The second-order valence-corrected chi connectivity index (χ2v) is 12.4. The Morgan fingerprint density at radius 1 is 1.05 bits per heavy atom. The molecular formula is C28H38O9. The molecule has 0 aromatic heterocycles. The summed E-state index contributed by atoms with van der Waals surface area (Å²) in [5, 5.41) is 42.3. The topological polar surface area (TPSA) is 143 Å². The second-order valence-electron chi connectivity index (χ2n) is 12.4. The first-order valence-corrected chi connectivity index (χ1v) is 13.7. The van der Waals surface area contributed by atoms with Crippen molar-refractivity contribution in [3.63, 3.8) is 0 Å². The summed E-state index contributed by atoms with van der Waals surface area (Å²) in [7, 11) is 0. The highest BCUT2D eigenvalue weighted by molar-refractivity contribution is 5.85. The highest BCUT2D eigenvalue weighted by Crippen LogP contribution is 2.69. The van der Waals surface area contributed by atoms with Gasteiger partial charge in [0.25, 0.3) is 0 Å². The summed E-state index contributed by atoms with van der Waals surface area (Å²) in [5.74, 6) is -0.165. The largest absolute Gasteiger partial charge is 0.458 e. The van der Waals surface area contributed by atoms with Crippen molar-refractivity contribution in [2.24, 2.45) is 28.6 Å². The van der Waals surface area contributed by atoms with Gasteiger partial charge < -0.3 is 39.4 Å². The van der Waals surface area contributed by atoms with Gasteiger partial charge in [0.1, 0.15) is 31.2 Å². The van der Waals surface area contributed by atoms with E-state index >= 15 is 0 Å². The number of fused-ring (bicyclic) bond motifs is 5. The Balaban J connectivity index is 1.23. The maximum Gasteiger partial charge on any atom is 0.331 e. The number of ether oxygens (including phenoxy) is 3. The van der Waals surface area contributed by atoms with Crippen LogP contribution in [0.2, 0.25) is 0 Å². The molecule has 0 bridgehead atoms. The van der Waals surface area contributed by atoms with E-state index in [1.807, 2.05) is 6.08 Å². The number of aliphatic hydroxyl groups excluding tert-OH is 3. The lowest BCUT2D eigenvalue weighted by Gasteiger charge is -2.61. The predicted molar refractivity (Wildman–Crippen MR) is 129 cm³/mol. The summed E-state index contributed by atoms with van der Waals surface area (Å²) in [6.45, 7) is 2.35. The minimum Gasteiger partial charge on any atom is -0.458 e. The summed E-state index contributed by atoms with van der Waals surface area (Å²) >= 11 is 0. The molecule has 6 rings (SSSR count). The van der Waals surface area contributed by atoms with Crippen LogP contribution < -0.4 is 0 Å². The number of esters is 1. The Labute approximate surface area is 216 Å². The first-order chi connectivity index (χ1) is 17.6. The van der Waals surface area contributed by atoms with Gasteiger partial charge in [-0.3, -0.25) is 0 Å². The predicted octanol–water partition coefficient (Wildman–Crippen LogP) is 1.17. The van der Waals surface area contributed by atoms with E-state index in [-0.39, 0.29) is 41.8 Å². The van der Waals surface area contributed by atoms with Crippen LogP contribution in [0.4, 0.5) is 0 Å². The number of cyclic esters (lactones) is 1. The van der Waals surface area contributed by atoms with Crippen LogP contribution in [-0.4, -0.2) is 82.2 Å². The Hall–Kier alpha value is -1.62. The van der Waals surface area contributed by atoms with Gasteiger partial charge in [-0.05, 0) is 74.7 Å². The smallest absolute Gasteiger partial charge is 0.331 e. The van der Waals surface area contributed by atoms with Crippen LogP contribution >= 0.6 is 0 Å². The molecule has 0 aromatic rings. The van der Waals surface area contributed by atoms with Gasteiger partial charge in [0, 0.05) is 11.5 Å². The molecule has 11 atom stereocenters. The molecule has 2 heterocycles. The number of hydrogen-bond acceptors (Lipinski definition) is 9. The molecule has 204 valence electrons. The first-order valence-electron chi connectivity index (χ1n) is 13.7. The number of aliphatic hydroxyl groups is 4. The molecule has 0 radical (unpaired) electrons. The van der Waals surface area contributed by atoms with E-state index in [1.165, 1.54) is 0 Å². The molecule has 0 amide bonds. The number of allylic oxidation sites excluding steroid dienone is 1. The first kappa shape index (κ1) is 25.6. The van der Waals surface area contributed by atoms with Crippen molar-refractivity contribution in [3.8, 4) is 0 Å². The van der Waals surface area contributed by atoms with Crippen LogP contribution in [0.25, 0.3) is 0 Å². The number of carbonyl (C=O) groups excluding carboxylic acids is 2. The zero-order valence-electron chi connectivity index (χ0n) is 21.3. The number of aldehydes is 1. The zero-order valence-corrected chi connectivity index (χ0v) is 21.3. The van der Waals surface area contributed by atoms with Gasteiger partial charge in [0.2, 0.25) is 0 Å². The molecule has 4 N–H and O–H groups in total. The number of rotatable bonds is 4. The van der Waals surface area contributed by atoms with Gasteiger partial charge in [-0.15, -0.1) is 0 Å². The van der Waals surface area contributed by atoms with E-state index in [2.05, 4.69) is 6.92 Å². The van der Waals surface area contributed by atoms with Gasteiger partial charge in [-0.1, -0.05) is 18.6 Å². The molecule has 4 aliphatic carbocycles. The molecule has 9 heteroatoms. The second kappa shape index (κ2) is 8.96. The third kappa shape index (κ3) is 3.65. The fourth-order valence-corrected chi connectivity index (χ4v) is 8.96. The summed E-state index contributed by atoms with van der Waals surface area (Å²) in [4.78, 5) is 24.6. The zero-order chi connectivity index (χ0) is 26.2. The molecule has 6 aliphatic rings. The highest BCUT2D eigenvalue weighted by Gasteiger charge is 2.68. The molecule has 0 spiro atoms. The lowest BCUT2D eigenvalue weighted by molar-refractivity contribution is -0.279. The van der Waals surface area contributed by atoms with Crippen LogP contribution in [0, 0.1) is 28.6 Å². The molecule has 4 fully saturated rings. The van der Waals surface area contributed by atoms with Crippen LogP contribution in [0.5, 0.6) is 0 Å². The van der Waals surface area contributed by atoms with Crippen LogP contribution in [0.3, 0.4) is 0 Å². The van der Waals surface area contributed by atoms with Gasteiger partial charge >= 0.3 is 5.97 Å². The third-order valence-corrected chi connectivity index (χ3v) is 11.0. The van der Waals surface area contributed by atoms with E-state index < -0.39 is 35.6 Å². The highest BCUT2D eigenvalue weighted by atomic mass is 16.7. The van der Waals surface area contributed by atoms with Crippen molar-refractivity contribution in [2.45, 2.75) is 94.6 Å². The fourth-order valence-electron chi connectivity index (χ4n) is 8.96. The van der Waals surface area contributed by atoms with Gasteiger partial charge in [0.05, 0.1) is 23.7 Å². The monoisotopic (exact) mass is 518 g/mol. The molecule has 3 saturated carbocycles. The van der Waals surface area contributed by atoms with Crippen molar-refractivity contribution in [1.29, 1.82) is 0 Å². The average Bonchev–Trinajstić information content (AvgIpc) is 3.43. The number of carbonyl (C=O) groups is 2. The SMILES string of the molecule is C[C@]12CC[C@H]3[C@@H](CCC4=C[C@@H](O[C@@H]5OC[C@@H](O)[C@H](O)[C@H]5O)CC[C@@]43C=O)[C@@]1(O)CC[C@@H]2C1=CC(=O)OC1. The molecule has 1 saturated heterocycles. The third-order valence-electron chi connectivity index (χ3n) is 11.0. The van der Waals surface area contributed by atoms with Crippen molar-refractivity contribution >= 4 is 12.3 Å². The van der Waals surface area contributed by atoms with Gasteiger partial charge in [-0.2, -0.15) is 0 Å². The molecule has 37 heavy (non-hydrogen) atoms. The van der Waals surface area contributed by atoms with Gasteiger partial charge in [0.15, 0.2) is 6.29 Å². The summed E-state index contributed by atoms with van der Waals surface area (Å²) < 4.78 is 16.6. The van der Waals surface area contributed by atoms with Gasteiger partial charge in [-0.25, -0.2) is 4.79 Å². The summed E-state index contributed by atoms with van der Waals surface area (Å²) in [5.41, 5.74) is 0.111. The number of hydrogen-bond donors (Lipinski definition) is 4. The lowest BCUT2D eigenvalue weighted by Crippen LogP contribution is -2.61. The van der Waals surface area contributed by atoms with Crippen LogP contribution in [-0.2, 0) is 23.8 Å². The molecule has 0 aromatic carbocycles. The molecule has 9 nitrogen and oxygen atoms in total. The molecule has 2 aliphatic heterocycles. The van der Waals surface area contributed by atoms with Crippen LogP contribution in [0.1, 0.15) is 58.3 Å². The van der Waals surface area contributed by atoms with Crippen LogP contribution in [0.15, 0.2) is 23.3 Å². The Morgan fingerprint density at radius 3 is 2.59 bits per heavy atom. The Morgan fingerprint density at radius 2 is 1.86 bits per heavy atom. The summed E-state index contributed by atoms with van der Waals surface area (Å²) in [6.07, 6.45) is 5.12. The Kier molecular flexibility index (Phi) is 6.21. The van der Waals surface area contributed by atoms with Crippen molar-refractivity contribution in [1.82, 2.24) is 0 Å². The normalized spacial score (nSPS) is 51.3. The molecule has 0 unspecified atom stereocenters. The maximum absolute atomic E-state index is 12.8. The minimum atomic E-state index is -1.35. The summed E-state index contributed by atoms with van der Waals surface area (Å²) in [6, 6.07) is 0. The van der Waals surface area contributed by atoms with E-state index in [4.69, 9.17) is 14.2 Å². The van der Waals surface area contributed by atoms with Crippen molar-refractivity contribution < 1.29 is 44.2 Å². The average molecular weight is 519 g/mol. The minimum absolute atomic E-state index is 0.00479. The quantitative estimate of drug-likeness (QED) is 0.245. The van der Waals surface area contributed by atoms with E-state index in [9.17, 15) is 30.0 Å².